The van der Waals surface area contributed by atoms with Crippen molar-refractivity contribution < 1.29 is 8.42 Å². The molecule has 3 atom stereocenters. The smallest absolute Gasteiger partial charge is 0.156 e. The maximum Gasteiger partial charge on any atom is 0.156 e. The van der Waals surface area contributed by atoms with Crippen molar-refractivity contribution in [1.29, 1.82) is 0 Å². The second kappa shape index (κ2) is 4.20. The topological polar surface area (TPSA) is 46.2 Å². The number of rotatable bonds is 0. The van der Waals surface area contributed by atoms with Gasteiger partial charge in [0.25, 0.3) is 0 Å². The first kappa shape index (κ1) is 14.3. The number of hydrogen-bond donors (Lipinski definition) is 1. The summed E-state index contributed by atoms with van der Waals surface area (Å²) in [5.41, 5.74) is -0.0535. The highest BCUT2D eigenvalue weighted by atomic mass is 32.2. The molecular formula is C14H27NO2S. The third-order valence-electron chi connectivity index (χ3n) is 4.62. The minimum Gasteiger partial charge on any atom is -0.307 e. The lowest BCUT2D eigenvalue weighted by atomic mass is 9.71. The first-order chi connectivity index (χ1) is 8.01. The molecule has 0 radical (unpaired) electrons. The highest BCUT2D eigenvalue weighted by Crippen LogP contribution is 2.42. The van der Waals surface area contributed by atoms with Gasteiger partial charge in [-0.1, -0.05) is 20.8 Å². The average Bonchev–Trinajstić information content (AvgIpc) is 2.12. The largest absolute Gasteiger partial charge is 0.307 e. The van der Waals surface area contributed by atoms with Gasteiger partial charge in [0.15, 0.2) is 9.84 Å². The van der Waals surface area contributed by atoms with Crippen LogP contribution in [-0.4, -0.2) is 31.0 Å². The van der Waals surface area contributed by atoms with Crippen LogP contribution in [0.4, 0.5) is 0 Å². The standard InChI is InChI=1S/C14H27NO2S/c1-13(2,3)10-6-7-11-12(8-10)18(16,17)9-14(4,5)15-11/h10-12,15H,6-9H2,1-5H3. The first-order valence-corrected chi connectivity index (χ1v) is 8.72. The zero-order valence-electron chi connectivity index (χ0n) is 12.3. The predicted molar refractivity (Wildman–Crippen MR) is 75.4 cm³/mol. The van der Waals surface area contributed by atoms with Crippen LogP contribution in [0.15, 0.2) is 0 Å². The van der Waals surface area contributed by atoms with Crippen molar-refractivity contribution in [2.45, 2.75) is 70.7 Å². The van der Waals surface area contributed by atoms with Gasteiger partial charge in [0.05, 0.1) is 11.0 Å². The summed E-state index contributed by atoms with van der Waals surface area (Å²) in [7, 11) is -2.95. The third kappa shape index (κ3) is 2.74. The van der Waals surface area contributed by atoms with E-state index in [1.165, 1.54) is 0 Å². The molecule has 0 amide bonds. The minimum absolute atomic E-state index is 0.163. The van der Waals surface area contributed by atoms with E-state index in [0.29, 0.717) is 5.92 Å². The molecule has 1 saturated carbocycles. The Morgan fingerprint density at radius 1 is 1.17 bits per heavy atom. The molecule has 106 valence electrons. The van der Waals surface area contributed by atoms with E-state index in [-0.39, 0.29) is 28.0 Å². The van der Waals surface area contributed by atoms with Gasteiger partial charge in [0, 0.05) is 11.6 Å². The van der Waals surface area contributed by atoms with Crippen LogP contribution >= 0.6 is 0 Å². The summed E-state index contributed by atoms with van der Waals surface area (Å²) in [5.74, 6) is 0.800. The van der Waals surface area contributed by atoms with E-state index >= 15 is 0 Å². The molecular weight excluding hydrogens is 246 g/mol. The molecule has 2 fully saturated rings. The molecule has 1 heterocycles. The Balaban J connectivity index is 2.22. The molecule has 1 aliphatic heterocycles. The van der Waals surface area contributed by atoms with Crippen LogP contribution in [0.25, 0.3) is 0 Å². The Hall–Kier alpha value is -0.0900. The lowest BCUT2D eigenvalue weighted by Crippen LogP contribution is -2.64. The van der Waals surface area contributed by atoms with Crippen LogP contribution in [0.5, 0.6) is 0 Å². The molecule has 0 aromatic rings. The van der Waals surface area contributed by atoms with Gasteiger partial charge in [0.2, 0.25) is 0 Å². The molecule has 18 heavy (non-hydrogen) atoms. The quantitative estimate of drug-likeness (QED) is 0.737. The zero-order chi connectivity index (χ0) is 13.8. The van der Waals surface area contributed by atoms with Crippen LogP contribution in [0.1, 0.15) is 53.9 Å². The fraction of sp³-hybridized carbons (Fsp3) is 1.00. The second-order valence-corrected chi connectivity index (χ2v) is 10.1. The van der Waals surface area contributed by atoms with E-state index < -0.39 is 9.84 Å². The molecule has 1 N–H and O–H groups in total. The SMILES string of the molecule is CC1(C)CS(=O)(=O)C2CC(C(C)(C)C)CCC2N1. The van der Waals surface area contributed by atoms with Crippen molar-refractivity contribution in [3.8, 4) is 0 Å². The van der Waals surface area contributed by atoms with Crippen LogP contribution in [0, 0.1) is 11.3 Å². The number of hydrogen-bond acceptors (Lipinski definition) is 3. The van der Waals surface area contributed by atoms with Gasteiger partial charge in [0.1, 0.15) is 0 Å². The van der Waals surface area contributed by atoms with Gasteiger partial charge >= 0.3 is 0 Å². The number of nitrogens with one attached hydrogen (secondary N) is 1. The predicted octanol–water partition coefficient (Wildman–Crippen LogP) is 2.37. The van der Waals surface area contributed by atoms with Gasteiger partial charge in [-0.05, 0) is 44.4 Å². The lowest BCUT2D eigenvalue weighted by molar-refractivity contribution is 0.147. The first-order valence-electron chi connectivity index (χ1n) is 7.00. The Kier molecular flexibility index (Phi) is 3.34. The van der Waals surface area contributed by atoms with E-state index in [1.807, 2.05) is 13.8 Å². The van der Waals surface area contributed by atoms with Crippen LogP contribution in [0.2, 0.25) is 0 Å². The van der Waals surface area contributed by atoms with E-state index in [0.717, 1.165) is 19.3 Å². The van der Waals surface area contributed by atoms with Crippen molar-refractivity contribution >= 4 is 9.84 Å². The highest BCUT2D eigenvalue weighted by molar-refractivity contribution is 7.92. The normalized spacial score (nSPS) is 39.1. The Morgan fingerprint density at radius 3 is 2.33 bits per heavy atom. The molecule has 0 aromatic heterocycles. The monoisotopic (exact) mass is 273 g/mol. The van der Waals surface area contributed by atoms with Crippen molar-refractivity contribution in [2.75, 3.05) is 5.75 Å². The molecule has 4 heteroatoms. The molecule has 2 aliphatic rings. The van der Waals surface area contributed by atoms with Gasteiger partial charge in [-0.3, -0.25) is 0 Å². The third-order valence-corrected chi connectivity index (χ3v) is 7.18. The van der Waals surface area contributed by atoms with E-state index in [4.69, 9.17) is 0 Å². The van der Waals surface area contributed by atoms with Crippen molar-refractivity contribution in [1.82, 2.24) is 5.32 Å². The summed E-state index contributed by atoms with van der Waals surface area (Å²) in [6.07, 6.45) is 2.97. The van der Waals surface area contributed by atoms with E-state index in [9.17, 15) is 8.42 Å². The van der Waals surface area contributed by atoms with E-state index in [1.54, 1.807) is 0 Å². The number of fused-ring (bicyclic) bond motifs is 1. The van der Waals surface area contributed by atoms with Crippen molar-refractivity contribution in [3.63, 3.8) is 0 Å². The molecule has 0 spiro atoms. The van der Waals surface area contributed by atoms with Gasteiger partial charge < -0.3 is 5.32 Å². The van der Waals surface area contributed by atoms with Gasteiger partial charge in [-0.25, -0.2) is 8.42 Å². The fourth-order valence-electron chi connectivity index (χ4n) is 3.63. The minimum atomic E-state index is -2.95. The second-order valence-electron chi connectivity index (χ2n) is 7.86. The molecule has 2 rings (SSSR count). The fourth-order valence-corrected chi connectivity index (χ4v) is 6.16. The summed E-state index contributed by atoms with van der Waals surface area (Å²) in [6.45, 7) is 10.7. The lowest BCUT2D eigenvalue weighted by Gasteiger charge is -2.48. The zero-order valence-corrected chi connectivity index (χ0v) is 13.1. The Bertz CT molecular complexity index is 420. The molecule has 3 nitrogen and oxygen atoms in total. The van der Waals surface area contributed by atoms with Crippen LogP contribution < -0.4 is 5.32 Å². The summed E-state index contributed by atoms with van der Waals surface area (Å²) in [6, 6.07) is 0.164. The van der Waals surface area contributed by atoms with E-state index in [2.05, 4.69) is 26.1 Å². The molecule has 0 bridgehead atoms. The maximum absolute atomic E-state index is 12.5. The Morgan fingerprint density at radius 2 is 1.78 bits per heavy atom. The van der Waals surface area contributed by atoms with Crippen molar-refractivity contribution in [2.24, 2.45) is 11.3 Å². The Labute approximate surface area is 112 Å². The summed E-state index contributed by atoms with van der Waals surface area (Å²) < 4.78 is 24.9. The van der Waals surface area contributed by atoms with Gasteiger partial charge in [-0.2, -0.15) is 0 Å². The average molecular weight is 273 g/mol. The molecule has 0 aromatic carbocycles. The van der Waals surface area contributed by atoms with Crippen LogP contribution in [-0.2, 0) is 9.84 Å². The summed E-state index contributed by atoms with van der Waals surface area (Å²) >= 11 is 0. The summed E-state index contributed by atoms with van der Waals surface area (Å²) in [4.78, 5) is 0. The highest BCUT2D eigenvalue weighted by Gasteiger charge is 2.48. The number of sulfone groups is 1. The maximum atomic E-state index is 12.5. The van der Waals surface area contributed by atoms with Crippen molar-refractivity contribution in [3.05, 3.63) is 0 Å². The van der Waals surface area contributed by atoms with Gasteiger partial charge in [-0.15, -0.1) is 0 Å². The summed E-state index contributed by atoms with van der Waals surface area (Å²) in [5, 5.41) is 3.38. The molecule has 3 unspecified atom stereocenters. The molecule has 1 aliphatic carbocycles. The van der Waals surface area contributed by atoms with Crippen LogP contribution in [0.3, 0.4) is 0 Å². The molecule has 1 saturated heterocycles.